The molecule has 0 aliphatic carbocycles. The highest BCUT2D eigenvalue weighted by molar-refractivity contribution is 4.65. The first-order valence-corrected chi connectivity index (χ1v) is 10.3. The Morgan fingerprint density at radius 3 is 1.54 bits per heavy atom. The summed E-state index contributed by atoms with van der Waals surface area (Å²) in [5.74, 6) is 0. The van der Waals surface area contributed by atoms with Gasteiger partial charge < -0.3 is 20.1 Å². The van der Waals surface area contributed by atoms with Crippen LogP contribution < -0.4 is 10.6 Å². The second-order valence-electron chi connectivity index (χ2n) is 6.77. The molecule has 0 heterocycles. The van der Waals surface area contributed by atoms with E-state index in [1.807, 2.05) is 0 Å². The van der Waals surface area contributed by atoms with Crippen molar-refractivity contribution < 1.29 is 9.47 Å². The Morgan fingerprint density at radius 2 is 1.08 bits per heavy atom. The molecule has 0 spiro atoms. The largest absolute Gasteiger partial charge is 0.385 e. The van der Waals surface area contributed by atoms with Crippen LogP contribution in [-0.4, -0.2) is 46.7 Å². The van der Waals surface area contributed by atoms with Crippen LogP contribution in [0.5, 0.6) is 0 Å². The van der Waals surface area contributed by atoms with Gasteiger partial charge in [0.25, 0.3) is 0 Å². The summed E-state index contributed by atoms with van der Waals surface area (Å²) < 4.78 is 10.2. The normalized spacial score (nSPS) is 11.5. The van der Waals surface area contributed by atoms with Gasteiger partial charge in [0.15, 0.2) is 0 Å². The van der Waals surface area contributed by atoms with E-state index >= 15 is 0 Å². The molecule has 0 atom stereocenters. The maximum absolute atomic E-state index is 5.12. The standard InChI is InChI=1S/C20H44N2O2/c1-4-5-6-7-8-9-10-11-12-15-20(21-16-13-18-23-2)22-17-14-19-24-3/h20-22H,4-19H2,1-3H3. The Hall–Kier alpha value is -0.160. The quantitative estimate of drug-likeness (QED) is 0.252. The van der Waals surface area contributed by atoms with E-state index in [9.17, 15) is 0 Å². The summed E-state index contributed by atoms with van der Waals surface area (Å²) in [6.07, 6.45) is 16.3. The fourth-order valence-corrected chi connectivity index (χ4v) is 2.92. The summed E-state index contributed by atoms with van der Waals surface area (Å²) in [5.41, 5.74) is 0. The van der Waals surface area contributed by atoms with Crippen LogP contribution in [0, 0.1) is 0 Å². The van der Waals surface area contributed by atoms with E-state index < -0.39 is 0 Å². The van der Waals surface area contributed by atoms with Crippen molar-refractivity contribution >= 4 is 0 Å². The zero-order valence-corrected chi connectivity index (χ0v) is 16.7. The van der Waals surface area contributed by atoms with E-state index in [2.05, 4.69) is 17.6 Å². The van der Waals surface area contributed by atoms with Gasteiger partial charge in [-0.05, 0) is 32.4 Å². The minimum atomic E-state index is 0.434. The number of methoxy groups -OCH3 is 2. The van der Waals surface area contributed by atoms with E-state index in [0.29, 0.717) is 6.17 Å². The fourth-order valence-electron chi connectivity index (χ4n) is 2.92. The van der Waals surface area contributed by atoms with Crippen molar-refractivity contribution in [1.29, 1.82) is 0 Å². The molecule has 4 heteroatoms. The molecule has 0 aromatic carbocycles. The zero-order valence-electron chi connectivity index (χ0n) is 16.7. The van der Waals surface area contributed by atoms with Crippen molar-refractivity contribution in [3.63, 3.8) is 0 Å². The van der Waals surface area contributed by atoms with Gasteiger partial charge in [-0.1, -0.05) is 64.7 Å². The third-order valence-electron chi connectivity index (χ3n) is 4.43. The Labute approximate surface area is 151 Å². The number of ether oxygens (including phenoxy) is 2. The van der Waals surface area contributed by atoms with Crippen LogP contribution in [0.4, 0.5) is 0 Å². The molecule has 0 rings (SSSR count). The highest BCUT2D eigenvalue weighted by Crippen LogP contribution is 2.11. The molecular weight excluding hydrogens is 300 g/mol. The second-order valence-corrected chi connectivity index (χ2v) is 6.77. The predicted molar refractivity (Wildman–Crippen MR) is 105 cm³/mol. The molecule has 24 heavy (non-hydrogen) atoms. The van der Waals surface area contributed by atoms with Crippen molar-refractivity contribution in [2.24, 2.45) is 0 Å². The lowest BCUT2D eigenvalue weighted by molar-refractivity contribution is 0.187. The smallest absolute Gasteiger partial charge is 0.0571 e. The van der Waals surface area contributed by atoms with Gasteiger partial charge in [-0.3, -0.25) is 0 Å². The van der Waals surface area contributed by atoms with E-state index in [-0.39, 0.29) is 0 Å². The molecule has 0 bridgehead atoms. The number of nitrogens with one attached hydrogen (secondary N) is 2. The maximum Gasteiger partial charge on any atom is 0.0571 e. The van der Waals surface area contributed by atoms with Crippen LogP contribution in [0.25, 0.3) is 0 Å². The minimum absolute atomic E-state index is 0.434. The molecule has 0 saturated heterocycles. The summed E-state index contributed by atoms with van der Waals surface area (Å²) in [5, 5.41) is 7.25. The highest BCUT2D eigenvalue weighted by atomic mass is 16.5. The van der Waals surface area contributed by atoms with Crippen LogP contribution in [0.1, 0.15) is 84.0 Å². The average molecular weight is 345 g/mol. The van der Waals surface area contributed by atoms with Gasteiger partial charge in [-0.15, -0.1) is 0 Å². The lowest BCUT2D eigenvalue weighted by Crippen LogP contribution is -2.43. The van der Waals surface area contributed by atoms with Gasteiger partial charge >= 0.3 is 0 Å². The van der Waals surface area contributed by atoms with Crippen LogP contribution in [0.15, 0.2) is 0 Å². The average Bonchev–Trinajstić information content (AvgIpc) is 2.60. The third kappa shape index (κ3) is 18.2. The van der Waals surface area contributed by atoms with Gasteiger partial charge in [-0.25, -0.2) is 0 Å². The molecule has 0 aliphatic heterocycles. The molecule has 146 valence electrons. The molecular formula is C20H44N2O2. The van der Waals surface area contributed by atoms with E-state index in [0.717, 1.165) is 39.1 Å². The van der Waals surface area contributed by atoms with E-state index in [1.165, 1.54) is 64.2 Å². The Balaban J connectivity index is 3.62. The molecule has 0 fully saturated rings. The number of unbranched alkanes of at least 4 members (excludes halogenated alkanes) is 8. The second kappa shape index (κ2) is 20.9. The summed E-state index contributed by atoms with van der Waals surface area (Å²) >= 11 is 0. The fraction of sp³-hybridized carbons (Fsp3) is 1.00. The molecule has 0 aromatic rings. The van der Waals surface area contributed by atoms with Crippen LogP contribution >= 0.6 is 0 Å². The van der Waals surface area contributed by atoms with E-state index in [4.69, 9.17) is 9.47 Å². The SMILES string of the molecule is CCCCCCCCCCCC(NCCCOC)NCCCOC. The lowest BCUT2D eigenvalue weighted by atomic mass is 10.1. The molecule has 0 unspecified atom stereocenters. The van der Waals surface area contributed by atoms with Crippen LogP contribution in [-0.2, 0) is 9.47 Å². The lowest BCUT2D eigenvalue weighted by Gasteiger charge is -2.20. The van der Waals surface area contributed by atoms with E-state index in [1.54, 1.807) is 14.2 Å². The van der Waals surface area contributed by atoms with Gasteiger partial charge in [0.05, 0.1) is 6.17 Å². The molecule has 2 N–H and O–H groups in total. The van der Waals surface area contributed by atoms with Crippen molar-refractivity contribution in [3.05, 3.63) is 0 Å². The first-order valence-electron chi connectivity index (χ1n) is 10.3. The van der Waals surface area contributed by atoms with Crippen LogP contribution in [0.2, 0.25) is 0 Å². The first-order chi connectivity index (χ1) is 11.8. The molecule has 0 aliphatic rings. The predicted octanol–water partition coefficient (Wildman–Crippen LogP) is 4.49. The summed E-state index contributed by atoms with van der Waals surface area (Å²) in [6.45, 7) is 5.99. The number of hydrogen-bond acceptors (Lipinski definition) is 4. The molecule has 0 amide bonds. The molecule has 0 aromatic heterocycles. The van der Waals surface area contributed by atoms with Gasteiger partial charge in [0.2, 0.25) is 0 Å². The summed E-state index contributed by atoms with van der Waals surface area (Å²) in [4.78, 5) is 0. The minimum Gasteiger partial charge on any atom is -0.385 e. The van der Waals surface area contributed by atoms with Crippen molar-refractivity contribution in [3.8, 4) is 0 Å². The van der Waals surface area contributed by atoms with Gasteiger partial charge in [-0.2, -0.15) is 0 Å². The Bertz CT molecular complexity index is 216. The topological polar surface area (TPSA) is 42.5 Å². The van der Waals surface area contributed by atoms with Gasteiger partial charge in [0.1, 0.15) is 0 Å². The summed E-state index contributed by atoms with van der Waals surface area (Å²) in [7, 11) is 3.53. The summed E-state index contributed by atoms with van der Waals surface area (Å²) in [6, 6.07) is 0. The Morgan fingerprint density at radius 1 is 0.625 bits per heavy atom. The zero-order chi connectivity index (χ0) is 17.7. The number of rotatable bonds is 20. The molecule has 0 radical (unpaired) electrons. The maximum atomic E-state index is 5.12. The number of hydrogen-bond donors (Lipinski definition) is 2. The van der Waals surface area contributed by atoms with Crippen molar-refractivity contribution in [1.82, 2.24) is 10.6 Å². The highest BCUT2D eigenvalue weighted by Gasteiger charge is 2.06. The van der Waals surface area contributed by atoms with Crippen LogP contribution in [0.3, 0.4) is 0 Å². The first kappa shape index (κ1) is 23.8. The third-order valence-corrected chi connectivity index (χ3v) is 4.43. The molecule has 4 nitrogen and oxygen atoms in total. The molecule has 0 saturated carbocycles. The van der Waals surface area contributed by atoms with Gasteiger partial charge in [0, 0.05) is 27.4 Å². The van der Waals surface area contributed by atoms with Crippen molar-refractivity contribution in [2.45, 2.75) is 90.1 Å². The van der Waals surface area contributed by atoms with Crippen molar-refractivity contribution in [2.75, 3.05) is 40.5 Å². The monoisotopic (exact) mass is 344 g/mol. The Kier molecular flexibility index (Phi) is 20.7.